The Labute approximate surface area is 122 Å². The molecule has 1 aromatic carbocycles. The number of nitrogens with one attached hydrogen (secondary N) is 1. The average Bonchev–Trinajstić information content (AvgIpc) is 2.40. The van der Waals surface area contributed by atoms with E-state index in [1.165, 1.54) is 0 Å². The first kappa shape index (κ1) is 14.6. The lowest BCUT2D eigenvalue weighted by Crippen LogP contribution is -2.44. The third-order valence-electron chi connectivity index (χ3n) is 3.56. The second-order valence-electron chi connectivity index (χ2n) is 5.07. The van der Waals surface area contributed by atoms with E-state index < -0.39 is 5.60 Å². The van der Waals surface area contributed by atoms with Gasteiger partial charge >= 0.3 is 0 Å². The first-order valence-electron chi connectivity index (χ1n) is 6.46. The molecule has 1 saturated carbocycles. The number of amides is 1. The van der Waals surface area contributed by atoms with Gasteiger partial charge in [-0.15, -0.1) is 0 Å². The Kier molecular flexibility index (Phi) is 4.71. The molecule has 1 fully saturated rings. The quantitative estimate of drug-likeness (QED) is 0.899. The van der Waals surface area contributed by atoms with E-state index in [0.29, 0.717) is 10.6 Å². The largest absolute Gasteiger partial charge is 0.388 e. The normalized spacial score (nSPS) is 18.1. The molecular weight excluding hydrogens is 285 g/mol. The van der Waals surface area contributed by atoms with E-state index in [1.54, 1.807) is 18.2 Å². The van der Waals surface area contributed by atoms with Crippen molar-refractivity contribution < 1.29 is 9.90 Å². The molecule has 1 aliphatic carbocycles. The fourth-order valence-corrected chi connectivity index (χ4v) is 2.79. The van der Waals surface area contributed by atoms with Crippen LogP contribution in [0.1, 0.15) is 42.5 Å². The molecule has 0 atom stereocenters. The van der Waals surface area contributed by atoms with Gasteiger partial charge in [0.2, 0.25) is 0 Å². The van der Waals surface area contributed by atoms with Crippen LogP contribution in [0.5, 0.6) is 0 Å². The maximum atomic E-state index is 12.0. The van der Waals surface area contributed by atoms with Crippen molar-refractivity contribution in [1.82, 2.24) is 5.32 Å². The summed E-state index contributed by atoms with van der Waals surface area (Å²) in [7, 11) is 0. The third-order valence-corrected chi connectivity index (χ3v) is 4.38. The van der Waals surface area contributed by atoms with Gasteiger partial charge in [0, 0.05) is 6.54 Å². The summed E-state index contributed by atoms with van der Waals surface area (Å²) in [6.07, 6.45) is 4.62. The molecule has 0 radical (unpaired) electrons. The molecule has 1 aliphatic rings. The van der Waals surface area contributed by atoms with Crippen LogP contribution >= 0.6 is 23.2 Å². The molecule has 0 saturated heterocycles. The Bertz CT molecular complexity index is 471. The molecule has 0 aliphatic heterocycles. The molecule has 104 valence electrons. The summed E-state index contributed by atoms with van der Waals surface area (Å²) in [6, 6.07) is 4.93. The number of rotatable bonds is 3. The number of carbonyl (C=O) groups excluding carboxylic acids is 1. The number of carbonyl (C=O) groups is 1. The molecular formula is C14H17Cl2NO2. The monoisotopic (exact) mass is 301 g/mol. The molecule has 0 aromatic heterocycles. The smallest absolute Gasteiger partial charge is 0.252 e. The zero-order valence-electron chi connectivity index (χ0n) is 10.6. The molecule has 0 heterocycles. The van der Waals surface area contributed by atoms with Gasteiger partial charge in [-0.05, 0) is 25.0 Å². The zero-order chi connectivity index (χ0) is 13.9. The van der Waals surface area contributed by atoms with Gasteiger partial charge in [0.1, 0.15) is 0 Å². The maximum absolute atomic E-state index is 12.0. The van der Waals surface area contributed by atoms with Gasteiger partial charge in [-0.1, -0.05) is 48.5 Å². The van der Waals surface area contributed by atoms with E-state index in [1.807, 2.05) is 0 Å². The summed E-state index contributed by atoms with van der Waals surface area (Å²) in [5, 5.41) is 13.7. The highest BCUT2D eigenvalue weighted by molar-refractivity contribution is 6.43. The van der Waals surface area contributed by atoms with E-state index >= 15 is 0 Å². The lowest BCUT2D eigenvalue weighted by atomic mass is 9.85. The minimum absolute atomic E-state index is 0.248. The predicted octanol–water partition coefficient (Wildman–Crippen LogP) is 3.42. The van der Waals surface area contributed by atoms with Gasteiger partial charge in [-0.25, -0.2) is 0 Å². The van der Waals surface area contributed by atoms with Gasteiger partial charge in [0.05, 0.1) is 21.2 Å². The van der Waals surface area contributed by atoms with Gasteiger partial charge in [-0.2, -0.15) is 0 Å². The number of aliphatic hydroxyl groups is 1. The number of halogens is 2. The summed E-state index contributed by atoms with van der Waals surface area (Å²) >= 11 is 11.9. The van der Waals surface area contributed by atoms with Crippen LogP contribution in [0.2, 0.25) is 10.0 Å². The third kappa shape index (κ3) is 3.62. The standard InChI is InChI=1S/C14H17Cl2NO2/c15-11-6-4-5-10(12(11)16)13(18)17-9-14(19)7-2-1-3-8-14/h4-6,19H,1-3,7-9H2,(H,17,18). The topological polar surface area (TPSA) is 49.3 Å². The predicted molar refractivity (Wildman–Crippen MR) is 76.8 cm³/mol. The van der Waals surface area contributed by atoms with Crippen molar-refractivity contribution in [3.05, 3.63) is 33.8 Å². The van der Waals surface area contributed by atoms with Crippen LogP contribution in [-0.2, 0) is 0 Å². The maximum Gasteiger partial charge on any atom is 0.252 e. The van der Waals surface area contributed by atoms with Crippen molar-refractivity contribution in [3.63, 3.8) is 0 Å². The Balaban J connectivity index is 1.99. The second kappa shape index (κ2) is 6.12. The molecule has 5 heteroatoms. The number of hydrogen-bond donors (Lipinski definition) is 2. The lowest BCUT2D eigenvalue weighted by molar-refractivity contribution is 0.00526. The fraction of sp³-hybridized carbons (Fsp3) is 0.500. The van der Waals surface area contributed by atoms with E-state index in [0.717, 1.165) is 32.1 Å². The molecule has 1 aromatic rings. The highest BCUT2D eigenvalue weighted by atomic mass is 35.5. The molecule has 0 spiro atoms. The second-order valence-corrected chi connectivity index (χ2v) is 5.85. The first-order valence-corrected chi connectivity index (χ1v) is 7.22. The van der Waals surface area contributed by atoms with Crippen molar-refractivity contribution >= 4 is 29.1 Å². The van der Waals surface area contributed by atoms with Crippen molar-refractivity contribution in [2.75, 3.05) is 6.54 Å². The van der Waals surface area contributed by atoms with Crippen LogP contribution in [0.3, 0.4) is 0 Å². The molecule has 0 bridgehead atoms. The summed E-state index contributed by atoms with van der Waals surface area (Å²) < 4.78 is 0. The first-order chi connectivity index (χ1) is 9.02. The molecule has 0 unspecified atom stereocenters. The van der Waals surface area contributed by atoms with Crippen LogP contribution in [0.25, 0.3) is 0 Å². The Morgan fingerprint density at radius 2 is 1.95 bits per heavy atom. The van der Waals surface area contributed by atoms with Crippen LogP contribution in [0.15, 0.2) is 18.2 Å². The molecule has 19 heavy (non-hydrogen) atoms. The van der Waals surface area contributed by atoms with Crippen LogP contribution < -0.4 is 5.32 Å². The Hall–Kier alpha value is -0.770. The van der Waals surface area contributed by atoms with Crippen LogP contribution in [0, 0.1) is 0 Å². The van der Waals surface area contributed by atoms with E-state index in [2.05, 4.69) is 5.32 Å². The summed E-state index contributed by atoms with van der Waals surface area (Å²) in [4.78, 5) is 12.0. The van der Waals surface area contributed by atoms with Gasteiger partial charge in [0.25, 0.3) is 5.91 Å². The van der Waals surface area contributed by atoms with Crippen molar-refractivity contribution in [3.8, 4) is 0 Å². The minimum atomic E-state index is -0.779. The van der Waals surface area contributed by atoms with Crippen molar-refractivity contribution in [1.29, 1.82) is 0 Å². The van der Waals surface area contributed by atoms with Gasteiger partial charge in [0.15, 0.2) is 0 Å². The SMILES string of the molecule is O=C(NCC1(O)CCCCC1)c1cccc(Cl)c1Cl. The van der Waals surface area contributed by atoms with Gasteiger partial charge in [-0.3, -0.25) is 4.79 Å². The molecule has 3 nitrogen and oxygen atoms in total. The summed E-state index contributed by atoms with van der Waals surface area (Å²) in [6.45, 7) is 0.259. The van der Waals surface area contributed by atoms with Crippen LogP contribution in [0.4, 0.5) is 0 Å². The van der Waals surface area contributed by atoms with E-state index in [-0.39, 0.29) is 17.5 Å². The molecule has 1 amide bonds. The Morgan fingerprint density at radius 3 is 2.63 bits per heavy atom. The summed E-state index contributed by atoms with van der Waals surface area (Å²) in [5.74, 6) is -0.300. The highest BCUT2D eigenvalue weighted by Crippen LogP contribution is 2.28. The number of benzene rings is 1. The van der Waals surface area contributed by atoms with E-state index in [4.69, 9.17) is 23.2 Å². The zero-order valence-corrected chi connectivity index (χ0v) is 12.1. The van der Waals surface area contributed by atoms with E-state index in [9.17, 15) is 9.90 Å². The van der Waals surface area contributed by atoms with Crippen molar-refractivity contribution in [2.45, 2.75) is 37.7 Å². The average molecular weight is 302 g/mol. The lowest BCUT2D eigenvalue weighted by Gasteiger charge is -2.32. The minimum Gasteiger partial charge on any atom is -0.388 e. The van der Waals surface area contributed by atoms with Crippen LogP contribution in [-0.4, -0.2) is 23.2 Å². The highest BCUT2D eigenvalue weighted by Gasteiger charge is 2.29. The number of hydrogen-bond acceptors (Lipinski definition) is 2. The molecule has 2 N–H and O–H groups in total. The molecule has 2 rings (SSSR count). The van der Waals surface area contributed by atoms with Gasteiger partial charge < -0.3 is 10.4 Å². The fourth-order valence-electron chi connectivity index (χ4n) is 2.41. The summed E-state index contributed by atoms with van der Waals surface area (Å²) in [5.41, 5.74) is -0.438. The van der Waals surface area contributed by atoms with Crippen molar-refractivity contribution in [2.24, 2.45) is 0 Å². The Morgan fingerprint density at radius 1 is 1.26 bits per heavy atom.